The highest BCUT2D eigenvalue weighted by molar-refractivity contribution is 5.95. The lowest BCUT2D eigenvalue weighted by Crippen LogP contribution is -2.37. The zero-order chi connectivity index (χ0) is 96.0. The molecule has 42 heteroatoms. The van der Waals surface area contributed by atoms with E-state index in [4.69, 9.17) is 91.7 Å². The van der Waals surface area contributed by atoms with Gasteiger partial charge in [0.1, 0.15) is 40.5 Å². The van der Waals surface area contributed by atoms with Crippen molar-refractivity contribution in [2.75, 3.05) is 85.1 Å². The summed E-state index contributed by atoms with van der Waals surface area (Å²) in [6.45, 7) is 8.36. The standard InChI is InChI=1S/C86H161N29O13/c1-4-58(25-17-41-107-79(87)88)74(124)103-37-13-5-9-33-66(116)49-59(26-18-42-108-80(89)90)70(120)53-63(30-22-46-112-84(97)98)75(125)104-38-14-6-10-34-67(117)50-60(27-19-43-109-81(91)92)71(121)54-64(31-23-47-113-85(99)100)76(126)105-39-15-7-11-35-68(118)51-61(28-20-44-110-82(93)94)72(122)55-65(32-24-48-114-86(101)102)77(127)106-40-16-8-12-36-69(119)52-62(29-21-45-111-83(95)96)78(128)115-56-73(123)57(2)3/h57-65H,4-56H2,1-3H3,(H,103,124)(H,104,125)(H,105,126)(H,106,127)(H,115,128)(H4,87,88,107)(H4,89,90,108)(H4,91,92,109)(H4,93,94,110)(H4,95,96,111)(H4,97,98,112)(H4,99,100,113)(H4,101,102,114). The Labute approximate surface area is 756 Å². The number of Topliss-reactive ketones (excluding diaryl/α,β-unsaturated/α-hetero) is 8. The van der Waals surface area contributed by atoms with Gasteiger partial charge in [-0.1, -0.05) is 46.5 Å². The van der Waals surface area contributed by atoms with Gasteiger partial charge in [-0.2, -0.15) is 0 Å². The number of aliphatic imine (C=N–C) groups is 8. The summed E-state index contributed by atoms with van der Waals surface area (Å²) in [6.07, 6.45) is 12.8. The van der Waals surface area contributed by atoms with E-state index in [0.717, 1.165) is 0 Å². The lowest BCUT2D eigenvalue weighted by Gasteiger charge is -2.21. The fourth-order valence-electron chi connectivity index (χ4n) is 14.5. The molecular formula is C86H161N29O13. The molecule has 0 heterocycles. The number of carbonyl (C=O) groups is 13. The molecule has 0 radical (unpaired) electrons. The summed E-state index contributed by atoms with van der Waals surface area (Å²) < 4.78 is 0. The minimum atomic E-state index is -0.822. The Morgan fingerprint density at radius 1 is 0.219 bits per heavy atom. The maximum Gasteiger partial charge on any atom is 0.223 e. The summed E-state index contributed by atoms with van der Waals surface area (Å²) in [4.78, 5) is 209. The van der Waals surface area contributed by atoms with Gasteiger partial charge in [-0.05, 0) is 161 Å². The lowest BCUT2D eigenvalue weighted by molar-refractivity contribution is -0.133. The number of nitrogens with one attached hydrogen (secondary N) is 5. The number of hydrogen-bond acceptors (Lipinski definition) is 21. The van der Waals surface area contributed by atoms with Gasteiger partial charge in [0.2, 0.25) is 29.5 Å². The van der Waals surface area contributed by atoms with Crippen LogP contribution in [0, 0.1) is 53.3 Å². The molecule has 8 unspecified atom stereocenters. The van der Waals surface area contributed by atoms with Crippen LogP contribution in [0.2, 0.25) is 0 Å². The smallest absolute Gasteiger partial charge is 0.223 e. The Bertz CT molecular complexity index is 3570. The third kappa shape index (κ3) is 64.6. The highest BCUT2D eigenvalue weighted by Gasteiger charge is 2.32. The van der Waals surface area contributed by atoms with Crippen LogP contribution in [-0.2, 0) is 62.3 Å². The van der Waals surface area contributed by atoms with Crippen molar-refractivity contribution >= 4 is 123 Å². The molecule has 0 rings (SSSR count). The maximum atomic E-state index is 14.4. The predicted molar refractivity (Wildman–Crippen MR) is 504 cm³/mol. The van der Waals surface area contributed by atoms with Gasteiger partial charge in [0.15, 0.2) is 53.5 Å². The predicted octanol–water partition coefficient (Wildman–Crippen LogP) is 0.517. The van der Waals surface area contributed by atoms with Gasteiger partial charge < -0.3 is 118 Å². The first-order valence-corrected chi connectivity index (χ1v) is 45.8. The molecule has 0 aliphatic carbocycles. The molecule has 0 saturated carbocycles. The quantitative estimate of drug-likeness (QED) is 0.0224. The molecule has 0 aromatic heterocycles. The lowest BCUT2D eigenvalue weighted by atomic mass is 9.85. The number of ketones is 8. The Morgan fingerprint density at radius 2 is 0.406 bits per heavy atom. The van der Waals surface area contributed by atoms with Gasteiger partial charge in [0, 0.05) is 202 Å². The van der Waals surface area contributed by atoms with E-state index in [9.17, 15) is 62.3 Å². The van der Waals surface area contributed by atoms with Crippen LogP contribution in [-0.4, -0.2) is 209 Å². The van der Waals surface area contributed by atoms with Gasteiger partial charge in [-0.25, -0.2) is 0 Å². The van der Waals surface area contributed by atoms with Crippen LogP contribution in [0.25, 0.3) is 0 Å². The summed E-state index contributed by atoms with van der Waals surface area (Å²) in [7, 11) is 0. The van der Waals surface area contributed by atoms with Crippen molar-refractivity contribution in [3.05, 3.63) is 0 Å². The molecule has 42 nitrogen and oxygen atoms in total. The van der Waals surface area contributed by atoms with E-state index in [2.05, 4.69) is 66.5 Å². The summed E-state index contributed by atoms with van der Waals surface area (Å²) in [5.74, 6) is -9.74. The Kier molecular flexibility index (Phi) is 66.5. The van der Waals surface area contributed by atoms with Crippen molar-refractivity contribution in [2.45, 2.75) is 278 Å². The second-order valence-electron chi connectivity index (χ2n) is 33.3. The number of unbranched alkanes of at least 4 members (excludes halogenated alkanes) is 8. The number of nitrogens with zero attached hydrogens (tertiary/aromatic N) is 8. The number of hydrogen-bond donors (Lipinski definition) is 21. The van der Waals surface area contributed by atoms with Crippen LogP contribution in [0.3, 0.4) is 0 Å². The van der Waals surface area contributed by atoms with Crippen LogP contribution < -0.4 is 118 Å². The van der Waals surface area contributed by atoms with Gasteiger partial charge in [-0.15, -0.1) is 0 Å². The van der Waals surface area contributed by atoms with E-state index in [-0.39, 0.29) is 298 Å². The summed E-state index contributed by atoms with van der Waals surface area (Å²) >= 11 is 0. The minimum Gasteiger partial charge on any atom is -0.370 e. The molecule has 0 aromatic carbocycles. The van der Waals surface area contributed by atoms with Crippen LogP contribution in [0.5, 0.6) is 0 Å². The van der Waals surface area contributed by atoms with E-state index in [1.165, 1.54) is 0 Å². The fraction of sp³-hybridized carbons (Fsp3) is 0.756. The largest absolute Gasteiger partial charge is 0.370 e. The van der Waals surface area contributed by atoms with Crippen molar-refractivity contribution in [3.8, 4) is 0 Å². The highest BCUT2D eigenvalue weighted by atomic mass is 16.2. The molecule has 0 aliphatic rings. The van der Waals surface area contributed by atoms with Crippen molar-refractivity contribution < 1.29 is 62.3 Å². The average molecular weight is 1810 g/mol. The molecule has 0 spiro atoms. The molecule has 8 atom stereocenters. The summed E-state index contributed by atoms with van der Waals surface area (Å²) in [6, 6.07) is 0. The molecule has 0 aliphatic heterocycles. The van der Waals surface area contributed by atoms with E-state index >= 15 is 0 Å². The molecular weight excluding hydrogens is 1650 g/mol. The van der Waals surface area contributed by atoms with Gasteiger partial charge in [0.25, 0.3) is 0 Å². The SMILES string of the molecule is CCC(CCCN=C(N)N)C(=O)NCCCCCC(=O)CC(CCCN=C(N)N)C(=O)CC(CCCN=C(N)N)C(=O)NCCCCCC(=O)CC(CCCN=C(N)N)C(=O)CC(CCCN=C(N)N)C(=O)NCCCCCC(=O)CC(CCCN=C(N)N)C(=O)CC(CCCN=C(N)N)C(=O)NCCCCCC(=O)CC(CCCN=C(N)N)C(=O)NCC(=O)C(C)C. The zero-order valence-electron chi connectivity index (χ0n) is 76.8. The number of amides is 5. The summed E-state index contributed by atoms with van der Waals surface area (Å²) in [5, 5.41) is 14.5. The number of rotatable bonds is 82. The van der Waals surface area contributed by atoms with E-state index in [1.54, 1.807) is 13.8 Å². The van der Waals surface area contributed by atoms with E-state index < -0.39 is 53.2 Å². The normalized spacial score (nSPS) is 12.8. The number of nitrogens with two attached hydrogens (primary N) is 16. The van der Waals surface area contributed by atoms with Gasteiger partial charge in [0.05, 0.1) is 6.54 Å². The Balaban J connectivity index is 6.08. The van der Waals surface area contributed by atoms with Crippen LogP contribution in [0.15, 0.2) is 39.9 Å². The van der Waals surface area contributed by atoms with Crippen molar-refractivity contribution in [1.29, 1.82) is 0 Å². The molecule has 37 N–H and O–H groups in total. The molecule has 0 fully saturated rings. The Morgan fingerprint density at radius 3 is 0.617 bits per heavy atom. The molecule has 0 aromatic rings. The second-order valence-corrected chi connectivity index (χ2v) is 33.3. The first kappa shape index (κ1) is 117. The maximum absolute atomic E-state index is 14.4. The number of guanidine groups is 8. The first-order valence-electron chi connectivity index (χ1n) is 45.8. The van der Waals surface area contributed by atoms with E-state index in [0.29, 0.717) is 167 Å². The molecule has 0 bridgehead atoms. The fourth-order valence-corrected chi connectivity index (χ4v) is 14.5. The molecule has 728 valence electrons. The summed E-state index contributed by atoms with van der Waals surface area (Å²) in [5.41, 5.74) is 88.8. The van der Waals surface area contributed by atoms with Gasteiger partial charge in [-0.3, -0.25) is 102 Å². The molecule has 0 saturated heterocycles. The number of carbonyl (C=O) groups excluding carboxylic acids is 13. The molecule has 5 amide bonds. The second kappa shape index (κ2) is 72.8. The van der Waals surface area contributed by atoms with Gasteiger partial charge >= 0.3 is 0 Å². The topological polar surface area (TPSA) is 797 Å². The highest BCUT2D eigenvalue weighted by Crippen LogP contribution is 2.27. The first-order chi connectivity index (χ1) is 60.8. The van der Waals surface area contributed by atoms with Crippen LogP contribution >= 0.6 is 0 Å². The minimum absolute atomic E-state index is 0.00790. The zero-order valence-corrected chi connectivity index (χ0v) is 76.8. The van der Waals surface area contributed by atoms with E-state index in [1.807, 2.05) is 6.92 Å². The van der Waals surface area contributed by atoms with Crippen LogP contribution in [0.1, 0.15) is 278 Å². The third-order valence-electron chi connectivity index (χ3n) is 21.8. The monoisotopic (exact) mass is 1810 g/mol. The Hall–Kier alpha value is -11.1. The van der Waals surface area contributed by atoms with Crippen molar-refractivity contribution in [1.82, 2.24) is 26.6 Å². The average Bonchev–Trinajstić information content (AvgIpc) is 0.897. The van der Waals surface area contributed by atoms with Crippen molar-refractivity contribution in [2.24, 2.45) is 185 Å². The van der Waals surface area contributed by atoms with Crippen molar-refractivity contribution in [3.63, 3.8) is 0 Å². The molecule has 128 heavy (non-hydrogen) atoms. The third-order valence-corrected chi connectivity index (χ3v) is 21.8. The van der Waals surface area contributed by atoms with Crippen LogP contribution in [0.4, 0.5) is 0 Å².